The number of carbonyl (C=O) groups is 1. The number of amides is 1. The predicted octanol–water partition coefficient (Wildman–Crippen LogP) is 2.22. The molecule has 19 heavy (non-hydrogen) atoms. The van der Waals surface area contributed by atoms with E-state index < -0.39 is 0 Å². The minimum Gasteiger partial charge on any atom is -0.398 e. The molecule has 3 N–H and O–H groups in total. The number of nitrogens with two attached hydrogens (primary N) is 1. The topological polar surface area (TPSA) is 64.4 Å². The zero-order valence-corrected chi connectivity index (χ0v) is 11.3. The van der Waals surface area contributed by atoms with Gasteiger partial charge in [-0.05, 0) is 37.3 Å². The van der Waals surface area contributed by atoms with Gasteiger partial charge in [-0.3, -0.25) is 4.79 Å². The third-order valence-corrected chi connectivity index (χ3v) is 4.23. The molecule has 0 bridgehead atoms. The average molecular weight is 281 g/mol. The molecular formula is C14H17ClN2O2. The van der Waals surface area contributed by atoms with Crippen molar-refractivity contribution in [3.05, 3.63) is 28.8 Å². The molecule has 0 aromatic heterocycles. The number of hydrogen-bond acceptors (Lipinski definition) is 3. The largest absolute Gasteiger partial charge is 0.398 e. The van der Waals surface area contributed by atoms with Crippen LogP contribution < -0.4 is 11.1 Å². The van der Waals surface area contributed by atoms with Gasteiger partial charge in [0.1, 0.15) is 0 Å². The van der Waals surface area contributed by atoms with Crippen molar-refractivity contribution in [2.75, 3.05) is 12.3 Å². The van der Waals surface area contributed by atoms with Gasteiger partial charge < -0.3 is 15.8 Å². The Bertz CT molecular complexity index is 502. The van der Waals surface area contributed by atoms with Crippen LogP contribution in [0.25, 0.3) is 0 Å². The summed E-state index contributed by atoms with van der Waals surface area (Å²) in [6.07, 6.45) is 3.45. The molecule has 5 heteroatoms. The van der Waals surface area contributed by atoms with E-state index in [0.29, 0.717) is 22.2 Å². The van der Waals surface area contributed by atoms with Gasteiger partial charge in [0.25, 0.3) is 5.91 Å². The number of benzene rings is 1. The average Bonchev–Trinajstić information content (AvgIpc) is 3.13. The lowest BCUT2D eigenvalue weighted by atomic mass is 10.1. The third-order valence-electron chi connectivity index (χ3n) is 3.81. The molecule has 2 aliphatic rings. The molecule has 1 aromatic carbocycles. The Hall–Kier alpha value is -1.26. The number of rotatable bonds is 3. The molecule has 1 saturated heterocycles. The van der Waals surface area contributed by atoms with E-state index in [-0.39, 0.29) is 18.1 Å². The Morgan fingerprint density at radius 2 is 2.16 bits per heavy atom. The lowest BCUT2D eigenvalue weighted by molar-refractivity contribution is 0.0729. The van der Waals surface area contributed by atoms with Crippen molar-refractivity contribution in [1.29, 1.82) is 0 Å². The van der Waals surface area contributed by atoms with Crippen LogP contribution in [0.3, 0.4) is 0 Å². The summed E-state index contributed by atoms with van der Waals surface area (Å²) in [5, 5.41) is 3.35. The third kappa shape index (κ3) is 2.55. The fourth-order valence-electron chi connectivity index (χ4n) is 2.63. The highest BCUT2D eigenvalue weighted by Gasteiger charge is 2.41. The highest BCUT2D eigenvalue weighted by molar-refractivity contribution is 6.36. The van der Waals surface area contributed by atoms with Crippen LogP contribution in [-0.4, -0.2) is 24.7 Å². The maximum atomic E-state index is 12.3. The number of halogens is 1. The molecule has 2 unspecified atom stereocenters. The fraction of sp³-hybridized carbons (Fsp3) is 0.500. The van der Waals surface area contributed by atoms with Crippen LogP contribution in [0.2, 0.25) is 5.02 Å². The lowest BCUT2D eigenvalue weighted by Crippen LogP contribution is -2.41. The van der Waals surface area contributed by atoms with Gasteiger partial charge in [-0.1, -0.05) is 17.7 Å². The molecule has 4 nitrogen and oxygen atoms in total. The van der Waals surface area contributed by atoms with Crippen LogP contribution in [0.1, 0.15) is 29.6 Å². The molecule has 2 fully saturated rings. The second-order valence-corrected chi connectivity index (χ2v) is 5.63. The fourth-order valence-corrected chi connectivity index (χ4v) is 2.84. The summed E-state index contributed by atoms with van der Waals surface area (Å²) < 4.78 is 5.71. The maximum Gasteiger partial charge on any atom is 0.253 e. The van der Waals surface area contributed by atoms with Crippen LogP contribution in [0.5, 0.6) is 0 Å². The van der Waals surface area contributed by atoms with Crippen molar-refractivity contribution in [1.82, 2.24) is 5.32 Å². The van der Waals surface area contributed by atoms with Crippen LogP contribution in [-0.2, 0) is 4.74 Å². The van der Waals surface area contributed by atoms with E-state index in [2.05, 4.69) is 5.32 Å². The summed E-state index contributed by atoms with van der Waals surface area (Å²) in [6, 6.07) is 5.21. The first-order valence-electron chi connectivity index (χ1n) is 6.63. The zero-order valence-electron chi connectivity index (χ0n) is 10.6. The first kappa shape index (κ1) is 12.8. The first-order chi connectivity index (χ1) is 9.16. The van der Waals surface area contributed by atoms with Crippen LogP contribution in [0, 0.1) is 5.92 Å². The van der Waals surface area contributed by atoms with Crippen LogP contribution in [0.4, 0.5) is 5.69 Å². The SMILES string of the molecule is Nc1cccc(C(=O)NC2CCOC2C2CC2)c1Cl. The molecule has 1 aliphatic carbocycles. The summed E-state index contributed by atoms with van der Waals surface area (Å²) in [7, 11) is 0. The van der Waals surface area contributed by atoms with Crippen molar-refractivity contribution < 1.29 is 9.53 Å². The molecule has 1 heterocycles. The number of carbonyl (C=O) groups excluding carboxylic acids is 1. The van der Waals surface area contributed by atoms with Gasteiger partial charge in [0.2, 0.25) is 0 Å². The molecule has 2 atom stereocenters. The lowest BCUT2D eigenvalue weighted by Gasteiger charge is -2.19. The predicted molar refractivity (Wildman–Crippen MR) is 74.2 cm³/mol. The summed E-state index contributed by atoms with van der Waals surface area (Å²) in [6.45, 7) is 0.719. The van der Waals surface area contributed by atoms with E-state index in [4.69, 9.17) is 22.1 Å². The second-order valence-electron chi connectivity index (χ2n) is 5.25. The highest BCUT2D eigenvalue weighted by atomic mass is 35.5. The van der Waals surface area contributed by atoms with E-state index in [1.54, 1.807) is 18.2 Å². The van der Waals surface area contributed by atoms with E-state index >= 15 is 0 Å². The molecule has 1 amide bonds. The van der Waals surface area contributed by atoms with Gasteiger partial charge in [-0.15, -0.1) is 0 Å². The van der Waals surface area contributed by atoms with Gasteiger partial charge in [-0.25, -0.2) is 0 Å². The Morgan fingerprint density at radius 1 is 1.37 bits per heavy atom. The van der Waals surface area contributed by atoms with Gasteiger partial charge in [0.05, 0.1) is 28.4 Å². The Morgan fingerprint density at radius 3 is 2.89 bits per heavy atom. The van der Waals surface area contributed by atoms with Crippen molar-refractivity contribution in [3.8, 4) is 0 Å². The highest BCUT2D eigenvalue weighted by Crippen LogP contribution is 2.38. The molecule has 0 spiro atoms. The number of nitrogens with one attached hydrogen (secondary N) is 1. The summed E-state index contributed by atoms with van der Waals surface area (Å²) in [4.78, 5) is 12.3. The van der Waals surface area contributed by atoms with E-state index in [1.165, 1.54) is 12.8 Å². The zero-order chi connectivity index (χ0) is 13.4. The minimum atomic E-state index is -0.168. The number of anilines is 1. The number of hydrogen-bond donors (Lipinski definition) is 2. The van der Waals surface area contributed by atoms with Crippen molar-refractivity contribution >= 4 is 23.2 Å². The van der Waals surface area contributed by atoms with Crippen molar-refractivity contribution in [2.24, 2.45) is 5.92 Å². The second kappa shape index (κ2) is 5.02. The van der Waals surface area contributed by atoms with E-state index in [1.807, 2.05) is 0 Å². The summed E-state index contributed by atoms with van der Waals surface area (Å²) in [5.74, 6) is 0.447. The van der Waals surface area contributed by atoms with Crippen LogP contribution in [0.15, 0.2) is 18.2 Å². The molecule has 0 radical (unpaired) electrons. The summed E-state index contributed by atoms with van der Waals surface area (Å²) in [5.41, 5.74) is 6.58. The Balaban J connectivity index is 1.72. The van der Waals surface area contributed by atoms with Gasteiger partial charge in [0, 0.05) is 6.61 Å². The molecule has 1 aliphatic heterocycles. The summed E-state index contributed by atoms with van der Waals surface area (Å²) >= 11 is 6.07. The van der Waals surface area contributed by atoms with Crippen molar-refractivity contribution in [3.63, 3.8) is 0 Å². The van der Waals surface area contributed by atoms with Gasteiger partial charge in [0.15, 0.2) is 0 Å². The van der Waals surface area contributed by atoms with Crippen LogP contribution >= 0.6 is 11.6 Å². The maximum absolute atomic E-state index is 12.3. The number of ether oxygens (including phenoxy) is 1. The van der Waals surface area contributed by atoms with E-state index in [9.17, 15) is 4.79 Å². The van der Waals surface area contributed by atoms with Gasteiger partial charge in [-0.2, -0.15) is 0 Å². The Kier molecular flexibility index (Phi) is 3.37. The van der Waals surface area contributed by atoms with E-state index in [0.717, 1.165) is 13.0 Å². The minimum absolute atomic E-state index is 0.0949. The molecule has 102 valence electrons. The smallest absolute Gasteiger partial charge is 0.253 e. The first-order valence-corrected chi connectivity index (χ1v) is 7.01. The standard InChI is InChI=1S/C14H17ClN2O2/c15-12-9(2-1-3-10(12)16)14(18)17-11-6-7-19-13(11)8-4-5-8/h1-3,8,11,13H,4-7,16H2,(H,17,18). The van der Waals surface area contributed by atoms with Crippen molar-refractivity contribution in [2.45, 2.75) is 31.4 Å². The quantitative estimate of drug-likeness (QED) is 0.835. The normalized spacial score (nSPS) is 26.4. The molecular weight excluding hydrogens is 264 g/mol. The molecule has 1 saturated carbocycles. The molecule has 3 rings (SSSR count). The van der Waals surface area contributed by atoms with Gasteiger partial charge >= 0.3 is 0 Å². The Labute approximate surface area is 117 Å². The molecule has 1 aromatic rings. The monoisotopic (exact) mass is 280 g/mol. The number of nitrogen functional groups attached to an aromatic ring is 1.